The predicted octanol–water partition coefficient (Wildman–Crippen LogP) is 3.17. The molecule has 1 aromatic carbocycles. The van der Waals surface area contributed by atoms with Gasteiger partial charge in [-0.25, -0.2) is 0 Å². The van der Waals surface area contributed by atoms with Crippen molar-refractivity contribution >= 4 is 27.8 Å². The Morgan fingerprint density at radius 2 is 2.10 bits per heavy atom. The summed E-state index contributed by atoms with van der Waals surface area (Å²) in [6, 6.07) is 7.41. The number of benzene rings is 1. The van der Waals surface area contributed by atoms with E-state index < -0.39 is 5.97 Å². The molecule has 0 radical (unpaired) electrons. The van der Waals surface area contributed by atoms with Crippen molar-refractivity contribution in [2.24, 2.45) is 5.92 Å². The molecule has 0 unspecified atom stereocenters. The number of aliphatic carboxylic acids is 1. The number of carboxylic acid groups (broad SMARTS) is 1. The monoisotopic (exact) mass is 339 g/mol. The van der Waals surface area contributed by atoms with Gasteiger partial charge in [0.2, 0.25) is 0 Å². The fraction of sp³-hybridized carbons (Fsp3) is 0.467. The van der Waals surface area contributed by atoms with Crippen LogP contribution in [0.25, 0.3) is 0 Å². The van der Waals surface area contributed by atoms with E-state index >= 15 is 0 Å². The van der Waals surface area contributed by atoms with E-state index in [2.05, 4.69) is 15.9 Å². The van der Waals surface area contributed by atoms with Crippen LogP contribution in [0, 0.1) is 5.92 Å². The van der Waals surface area contributed by atoms with Crippen LogP contribution in [-0.4, -0.2) is 35.0 Å². The molecule has 1 aliphatic heterocycles. The van der Waals surface area contributed by atoms with E-state index in [1.54, 1.807) is 0 Å². The predicted molar refractivity (Wildman–Crippen MR) is 79.6 cm³/mol. The Bertz CT molecular complexity index is 504. The minimum Gasteiger partial charge on any atom is -0.481 e. The van der Waals surface area contributed by atoms with Crippen LogP contribution in [-0.2, 0) is 4.79 Å². The van der Waals surface area contributed by atoms with Crippen LogP contribution in [0.4, 0.5) is 0 Å². The van der Waals surface area contributed by atoms with Gasteiger partial charge in [0.15, 0.2) is 0 Å². The van der Waals surface area contributed by atoms with Gasteiger partial charge in [-0.15, -0.1) is 0 Å². The highest BCUT2D eigenvalue weighted by Gasteiger charge is 2.25. The molecule has 2 rings (SSSR count). The average Bonchev–Trinajstić information content (AvgIpc) is 2.45. The zero-order valence-corrected chi connectivity index (χ0v) is 12.8. The van der Waals surface area contributed by atoms with E-state index in [9.17, 15) is 9.59 Å². The Hall–Kier alpha value is -1.36. The maximum Gasteiger partial charge on any atom is 0.303 e. The third-order valence-electron chi connectivity index (χ3n) is 3.68. The van der Waals surface area contributed by atoms with Crippen molar-refractivity contribution in [3.05, 3.63) is 34.3 Å². The molecule has 108 valence electrons. The van der Waals surface area contributed by atoms with Crippen LogP contribution in [0.1, 0.15) is 36.0 Å². The standard InChI is InChI=1S/C15H18BrNO3/c16-13-6-2-1-5-12(13)15(20)17-9-3-4-11(10-17)7-8-14(18)19/h1-2,5-6,11H,3-4,7-10H2,(H,18,19)/t11-/m1/s1. The maximum atomic E-state index is 12.5. The first-order chi connectivity index (χ1) is 9.58. The van der Waals surface area contributed by atoms with Crippen molar-refractivity contribution in [2.75, 3.05) is 13.1 Å². The van der Waals surface area contributed by atoms with E-state index in [0.717, 1.165) is 23.9 Å². The van der Waals surface area contributed by atoms with Gasteiger partial charge in [0, 0.05) is 24.0 Å². The van der Waals surface area contributed by atoms with Crippen LogP contribution in [0.2, 0.25) is 0 Å². The maximum absolute atomic E-state index is 12.5. The Morgan fingerprint density at radius 3 is 2.80 bits per heavy atom. The van der Waals surface area contributed by atoms with Crippen molar-refractivity contribution < 1.29 is 14.7 Å². The number of nitrogens with zero attached hydrogens (tertiary/aromatic N) is 1. The van der Waals surface area contributed by atoms with Crippen LogP contribution in [0.3, 0.4) is 0 Å². The Balaban J connectivity index is 2.00. The summed E-state index contributed by atoms with van der Waals surface area (Å²) in [6.07, 6.45) is 2.78. The van der Waals surface area contributed by atoms with Crippen molar-refractivity contribution in [3.63, 3.8) is 0 Å². The Morgan fingerprint density at radius 1 is 1.35 bits per heavy atom. The average molecular weight is 340 g/mol. The van der Waals surface area contributed by atoms with Crippen molar-refractivity contribution in [2.45, 2.75) is 25.7 Å². The molecule has 1 amide bonds. The number of halogens is 1. The number of carbonyl (C=O) groups excluding carboxylic acids is 1. The zero-order chi connectivity index (χ0) is 14.5. The molecular formula is C15H18BrNO3. The molecule has 5 heteroatoms. The molecule has 4 nitrogen and oxygen atoms in total. The van der Waals surface area contributed by atoms with Gasteiger partial charge in [0.25, 0.3) is 5.91 Å². The Kier molecular flexibility index (Phi) is 5.17. The first-order valence-electron chi connectivity index (χ1n) is 6.83. The second-order valence-corrected chi connectivity index (χ2v) is 6.03. The molecule has 0 aliphatic carbocycles. The topological polar surface area (TPSA) is 57.6 Å². The highest BCUT2D eigenvalue weighted by molar-refractivity contribution is 9.10. The quantitative estimate of drug-likeness (QED) is 0.916. The number of likely N-dealkylation sites (tertiary alicyclic amines) is 1. The number of carboxylic acids is 1. The van der Waals surface area contributed by atoms with Crippen molar-refractivity contribution in [1.82, 2.24) is 4.90 Å². The lowest BCUT2D eigenvalue weighted by molar-refractivity contribution is -0.137. The summed E-state index contributed by atoms with van der Waals surface area (Å²) in [5.74, 6) is -0.442. The van der Waals surface area contributed by atoms with Gasteiger partial charge in [-0.2, -0.15) is 0 Å². The summed E-state index contributed by atoms with van der Waals surface area (Å²) in [5, 5.41) is 8.75. The van der Waals surface area contributed by atoms with Crippen molar-refractivity contribution in [1.29, 1.82) is 0 Å². The second kappa shape index (κ2) is 6.88. The summed E-state index contributed by atoms with van der Waals surface area (Å²) in [4.78, 5) is 25.0. The molecule has 0 aromatic heterocycles. The number of piperidine rings is 1. The number of carbonyl (C=O) groups is 2. The summed E-state index contributed by atoms with van der Waals surface area (Å²) in [6.45, 7) is 1.41. The van der Waals surface area contributed by atoms with Gasteiger partial charge in [-0.05, 0) is 53.2 Å². The molecule has 0 bridgehead atoms. The van der Waals surface area contributed by atoms with E-state index in [0.29, 0.717) is 24.4 Å². The number of amides is 1. The molecule has 1 heterocycles. The summed E-state index contributed by atoms with van der Waals surface area (Å²) >= 11 is 3.40. The summed E-state index contributed by atoms with van der Waals surface area (Å²) in [7, 11) is 0. The third-order valence-corrected chi connectivity index (χ3v) is 4.37. The Labute approximate surface area is 126 Å². The fourth-order valence-electron chi connectivity index (χ4n) is 2.62. The van der Waals surface area contributed by atoms with Crippen LogP contribution >= 0.6 is 15.9 Å². The zero-order valence-electron chi connectivity index (χ0n) is 11.2. The molecule has 1 saturated heterocycles. The SMILES string of the molecule is O=C(O)CC[C@H]1CCCN(C(=O)c2ccccc2Br)C1. The van der Waals surface area contributed by atoms with Gasteiger partial charge in [0.05, 0.1) is 5.56 Å². The number of rotatable bonds is 4. The van der Waals surface area contributed by atoms with E-state index in [-0.39, 0.29) is 12.3 Å². The first-order valence-corrected chi connectivity index (χ1v) is 7.63. The smallest absolute Gasteiger partial charge is 0.303 e. The molecule has 1 N–H and O–H groups in total. The van der Waals surface area contributed by atoms with Crippen LogP contribution < -0.4 is 0 Å². The van der Waals surface area contributed by atoms with Gasteiger partial charge in [0.1, 0.15) is 0 Å². The van der Waals surface area contributed by atoms with Gasteiger partial charge >= 0.3 is 5.97 Å². The lowest BCUT2D eigenvalue weighted by Gasteiger charge is -2.33. The molecule has 0 spiro atoms. The highest BCUT2D eigenvalue weighted by atomic mass is 79.9. The molecule has 1 atom stereocenters. The highest BCUT2D eigenvalue weighted by Crippen LogP contribution is 2.24. The molecular weight excluding hydrogens is 322 g/mol. The largest absolute Gasteiger partial charge is 0.481 e. The van der Waals surface area contributed by atoms with Crippen LogP contribution in [0.5, 0.6) is 0 Å². The van der Waals surface area contributed by atoms with E-state index in [4.69, 9.17) is 5.11 Å². The molecule has 1 aliphatic rings. The number of hydrogen-bond acceptors (Lipinski definition) is 2. The van der Waals surface area contributed by atoms with Gasteiger partial charge < -0.3 is 10.0 Å². The van der Waals surface area contributed by atoms with E-state index in [1.807, 2.05) is 29.2 Å². The second-order valence-electron chi connectivity index (χ2n) is 5.17. The molecule has 0 saturated carbocycles. The lowest BCUT2D eigenvalue weighted by atomic mass is 9.93. The molecule has 1 aromatic rings. The summed E-state index contributed by atoms with van der Waals surface area (Å²) in [5.41, 5.74) is 0.673. The van der Waals surface area contributed by atoms with Crippen molar-refractivity contribution in [3.8, 4) is 0 Å². The number of hydrogen-bond donors (Lipinski definition) is 1. The normalized spacial score (nSPS) is 18.9. The lowest BCUT2D eigenvalue weighted by Crippen LogP contribution is -2.40. The first kappa shape index (κ1) is 15.0. The third kappa shape index (κ3) is 3.82. The minimum atomic E-state index is -0.765. The summed E-state index contributed by atoms with van der Waals surface area (Å²) < 4.78 is 0.803. The van der Waals surface area contributed by atoms with Gasteiger partial charge in [-0.3, -0.25) is 9.59 Å². The fourth-order valence-corrected chi connectivity index (χ4v) is 3.07. The van der Waals surface area contributed by atoms with E-state index in [1.165, 1.54) is 0 Å². The molecule has 20 heavy (non-hydrogen) atoms. The van der Waals surface area contributed by atoms with Gasteiger partial charge in [-0.1, -0.05) is 12.1 Å². The minimum absolute atomic E-state index is 0.0255. The molecule has 1 fully saturated rings. The van der Waals surface area contributed by atoms with Crippen LogP contribution in [0.15, 0.2) is 28.7 Å².